The van der Waals surface area contributed by atoms with Gasteiger partial charge < -0.3 is 9.47 Å². The van der Waals surface area contributed by atoms with Crippen molar-refractivity contribution >= 4 is 27.7 Å². The first-order valence-electron chi connectivity index (χ1n) is 6.68. The quantitative estimate of drug-likeness (QED) is 0.746. The van der Waals surface area contributed by atoms with Gasteiger partial charge in [-0.15, -0.1) is 0 Å². The Labute approximate surface area is 121 Å². The van der Waals surface area contributed by atoms with E-state index in [2.05, 4.69) is 29.8 Å². The third-order valence-electron chi connectivity index (χ3n) is 3.66. The second-order valence-corrected chi connectivity index (χ2v) is 6.47. The smallest absolute Gasteiger partial charge is 0.348 e. The van der Waals surface area contributed by atoms with Gasteiger partial charge in [0.2, 0.25) is 0 Å². The maximum atomic E-state index is 11.8. The fraction of sp³-hybridized carbons (Fsp3) is 0.714. The van der Waals surface area contributed by atoms with Crippen LogP contribution >= 0.6 is 15.9 Å². The zero-order chi connectivity index (χ0) is 14.2. The summed E-state index contributed by atoms with van der Waals surface area (Å²) in [5.41, 5.74) is -0.749. The van der Waals surface area contributed by atoms with Crippen molar-refractivity contribution in [2.24, 2.45) is 5.92 Å². The zero-order valence-electron chi connectivity index (χ0n) is 11.5. The van der Waals surface area contributed by atoms with Gasteiger partial charge in [0, 0.05) is 12.8 Å². The fourth-order valence-corrected chi connectivity index (χ4v) is 3.09. The SMILES string of the molecule is CC(C)CC[C@]12CCC(=O)C(Br)=C1O[C@H](C)C(=O)O2. The number of ketones is 1. The highest BCUT2D eigenvalue weighted by molar-refractivity contribution is 9.12. The Morgan fingerprint density at radius 1 is 1.42 bits per heavy atom. The van der Waals surface area contributed by atoms with Gasteiger partial charge in [-0.25, -0.2) is 4.79 Å². The van der Waals surface area contributed by atoms with Crippen LogP contribution in [0.25, 0.3) is 0 Å². The van der Waals surface area contributed by atoms with Crippen LogP contribution < -0.4 is 0 Å². The molecule has 0 aromatic rings. The minimum Gasteiger partial charge on any atom is -0.478 e. The zero-order valence-corrected chi connectivity index (χ0v) is 13.1. The van der Waals surface area contributed by atoms with Gasteiger partial charge in [-0.05, 0) is 41.6 Å². The molecule has 0 spiro atoms. The third kappa shape index (κ3) is 2.71. The molecule has 2 atom stereocenters. The summed E-state index contributed by atoms with van der Waals surface area (Å²) in [5, 5.41) is 0. The molecule has 1 aliphatic heterocycles. The van der Waals surface area contributed by atoms with Crippen molar-refractivity contribution < 1.29 is 19.1 Å². The molecular formula is C14H19BrO4. The highest BCUT2D eigenvalue weighted by atomic mass is 79.9. The topological polar surface area (TPSA) is 52.6 Å². The highest BCUT2D eigenvalue weighted by Gasteiger charge is 2.50. The summed E-state index contributed by atoms with van der Waals surface area (Å²) in [4.78, 5) is 23.6. The molecule has 2 aliphatic rings. The van der Waals surface area contributed by atoms with Crippen LogP contribution in [0.5, 0.6) is 0 Å². The van der Waals surface area contributed by atoms with E-state index in [0.717, 1.165) is 6.42 Å². The number of carbonyl (C=O) groups is 2. The lowest BCUT2D eigenvalue weighted by molar-refractivity contribution is -0.191. The molecule has 2 rings (SSSR count). The van der Waals surface area contributed by atoms with Gasteiger partial charge in [0.15, 0.2) is 23.2 Å². The minimum atomic E-state index is -0.749. The van der Waals surface area contributed by atoms with E-state index < -0.39 is 11.7 Å². The molecule has 5 heteroatoms. The Bertz CT molecular complexity index is 441. The van der Waals surface area contributed by atoms with Gasteiger partial charge in [-0.1, -0.05) is 13.8 Å². The van der Waals surface area contributed by atoms with E-state index in [1.54, 1.807) is 6.92 Å². The molecule has 0 aromatic carbocycles. The molecule has 1 heterocycles. The highest BCUT2D eigenvalue weighted by Crippen LogP contribution is 2.45. The van der Waals surface area contributed by atoms with Crippen molar-refractivity contribution in [2.75, 3.05) is 0 Å². The number of allylic oxidation sites excluding steroid dienone is 1. The minimum absolute atomic E-state index is 0.0142. The second kappa shape index (κ2) is 5.27. The van der Waals surface area contributed by atoms with Crippen LogP contribution in [0.1, 0.15) is 46.5 Å². The average Bonchev–Trinajstić information content (AvgIpc) is 2.35. The van der Waals surface area contributed by atoms with Gasteiger partial charge in [0.1, 0.15) is 4.48 Å². The lowest BCUT2D eigenvalue weighted by Crippen LogP contribution is -2.50. The number of Topliss-reactive ketones (excluding diaryl/α,β-unsaturated/α-hetero) is 1. The molecular weight excluding hydrogens is 312 g/mol. The molecule has 0 amide bonds. The van der Waals surface area contributed by atoms with Crippen molar-refractivity contribution in [1.29, 1.82) is 0 Å². The molecule has 19 heavy (non-hydrogen) atoms. The summed E-state index contributed by atoms with van der Waals surface area (Å²) in [6, 6.07) is 0. The Balaban J connectivity index is 2.35. The Morgan fingerprint density at radius 2 is 2.11 bits per heavy atom. The van der Waals surface area contributed by atoms with Crippen LogP contribution in [0, 0.1) is 5.92 Å². The average molecular weight is 331 g/mol. The molecule has 0 aromatic heterocycles. The number of fused-ring (bicyclic) bond motifs is 1. The summed E-state index contributed by atoms with van der Waals surface area (Å²) in [6.07, 6.45) is 1.86. The maximum absolute atomic E-state index is 11.8. The molecule has 1 aliphatic carbocycles. The molecule has 1 fully saturated rings. The first-order chi connectivity index (χ1) is 8.85. The summed E-state index contributed by atoms with van der Waals surface area (Å²) >= 11 is 3.30. The molecule has 1 saturated heterocycles. The summed E-state index contributed by atoms with van der Waals surface area (Å²) in [5.74, 6) is 0.684. The van der Waals surface area contributed by atoms with E-state index in [0.29, 0.717) is 35.4 Å². The standard InChI is InChI=1S/C14H19BrO4/c1-8(2)4-6-14-7-5-10(16)11(15)12(14)18-9(3)13(17)19-14/h8-9H,4-7H2,1-3H3/t9-,14+/m1/s1. The van der Waals surface area contributed by atoms with E-state index in [9.17, 15) is 9.59 Å². The molecule has 106 valence electrons. The van der Waals surface area contributed by atoms with Gasteiger partial charge in [0.25, 0.3) is 0 Å². The summed E-state index contributed by atoms with van der Waals surface area (Å²) < 4.78 is 11.7. The lowest BCUT2D eigenvalue weighted by atomic mass is 9.82. The molecule has 0 N–H and O–H groups in total. The Kier molecular flexibility index (Phi) is 4.04. The van der Waals surface area contributed by atoms with Gasteiger partial charge in [-0.3, -0.25) is 4.79 Å². The van der Waals surface area contributed by atoms with Crippen molar-refractivity contribution in [3.63, 3.8) is 0 Å². The largest absolute Gasteiger partial charge is 0.478 e. The molecule has 0 radical (unpaired) electrons. The van der Waals surface area contributed by atoms with Crippen molar-refractivity contribution in [3.8, 4) is 0 Å². The Hall–Kier alpha value is -0.840. The van der Waals surface area contributed by atoms with E-state index in [4.69, 9.17) is 9.47 Å². The third-order valence-corrected chi connectivity index (χ3v) is 4.46. The number of hydrogen-bond donors (Lipinski definition) is 0. The number of hydrogen-bond acceptors (Lipinski definition) is 4. The van der Waals surface area contributed by atoms with E-state index in [1.807, 2.05) is 0 Å². The van der Waals surface area contributed by atoms with E-state index in [-0.39, 0.29) is 11.8 Å². The predicted octanol–water partition coefficient (Wildman–Crippen LogP) is 3.09. The number of carbonyl (C=O) groups excluding carboxylic acids is 2. The summed E-state index contributed by atoms with van der Waals surface area (Å²) in [6.45, 7) is 5.88. The van der Waals surface area contributed by atoms with Crippen LogP contribution in [0.2, 0.25) is 0 Å². The monoisotopic (exact) mass is 330 g/mol. The molecule has 0 saturated carbocycles. The Morgan fingerprint density at radius 3 is 2.74 bits per heavy atom. The van der Waals surface area contributed by atoms with E-state index >= 15 is 0 Å². The number of ether oxygens (including phenoxy) is 2. The second-order valence-electron chi connectivity index (χ2n) is 5.67. The van der Waals surface area contributed by atoms with Crippen LogP contribution in [0.4, 0.5) is 0 Å². The number of esters is 1. The van der Waals surface area contributed by atoms with Gasteiger partial charge in [0.05, 0.1) is 0 Å². The van der Waals surface area contributed by atoms with E-state index in [1.165, 1.54) is 0 Å². The normalized spacial score (nSPS) is 31.1. The molecule has 0 bridgehead atoms. The lowest BCUT2D eigenvalue weighted by Gasteiger charge is -2.43. The molecule has 0 unspecified atom stereocenters. The number of halogens is 1. The van der Waals surface area contributed by atoms with Gasteiger partial charge >= 0.3 is 5.97 Å². The molecule has 4 nitrogen and oxygen atoms in total. The maximum Gasteiger partial charge on any atom is 0.348 e. The summed E-state index contributed by atoms with van der Waals surface area (Å²) in [7, 11) is 0. The van der Waals surface area contributed by atoms with Gasteiger partial charge in [-0.2, -0.15) is 0 Å². The first kappa shape index (κ1) is 14.6. The van der Waals surface area contributed by atoms with Crippen LogP contribution in [0.15, 0.2) is 10.2 Å². The van der Waals surface area contributed by atoms with Crippen molar-refractivity contribution in [1.82, 2.24) is 0 Å². The van der Waals surface area contributed by atoms with Crippen molar-refractivity contribution in [3.05, 3.63) is 10.2 Å². The van der Waals surface area contributed by atoms with Crippen LogP contribution in [-0.4, -0.2) is 23.5 Å². The fourth-order valence-electron chi connectivity index (χ4n) is 2.43. The first-order valence-corrected chi connectivity index (χ1v) is 7.48. The van der Waals surface area contributed by atoms with Crippen LogP contribution in [0.3, 0.4) is 0 Å². The van der Waals surface area contributed by atoms with Crippen LogP contribution in [-0.2, 0) is 19.1 Å². The van der Waals surface area contributed by atoms with Crippen molar-refractivity contribution in [2.45, 2.75) is 58.2 Å². The predicted molar refractivity (Wildman–Crippen MR) is 73.6 cm³/mol. The number of rotatable bonds is 3.